The Labute approximate surface area is 106 Å². The number of nitrogens with zero attached hydrogens (tertiary/aromatic N) is 2. The van der Waals surface area contributed by atoms with Crippen molar-refractivity contribution in [2.45, 2.75) is 60.0 Å². The Balaban J connectivity index is 2.53. The third kappa shape index (κ3) is 4.80. The van der Waals surface area contributed by atoms with Gasteiger partial charge in [0.15, 0.2) is 0 Å². The standard InChI is InChI=1S/C14H27N3/c1-6-12(4)9-13(5)16-14-15-7-8-17(14)10-11(2)3/h7-8,11-13H,6,9-10H2,1-5H3,(H,15,16). The summed E-state index contributed by atoms with van der Waals surface area (Å²) >= 11 is 0. The SMILES string of the molecule is CCC(C)CC(C)Nc1nccn1CC(C)C. The Hall–Kier alpha value is -0.990. The van der Waals surface area contributed by atoms with E-state index in [1.54, 1.807) is 0 Å². The van der Waals surface area contributed by atoms with Gasteiger partial charge in [-0.1, -0.05) is 34.1 Å². The second-order valence-electron chi connectivity index (χ2n) is 5.59. The highest BCUT2D eigenvalue weighted by Crippen LogP contribution is 2.14. The molecule has 1 aromatic rings. The number of anilines is 1. The molecule has 0 radical (unpaired) electrons. The summed E-state index contributed by atoms with van der Waals surface area (Å²) in [6.45, 7) is 12.3. The normalized spacial score (nSPS) is 14.9. The van der Waals surface area contributed by atoms with Crippen LogP contribution in [0.15, 0.2) is 12.4 Å². The molecule has 3 nitrogen and oxygen atoms in total. The fraction of sp³-hybridized carbons (Fsp3) is 0.786. The van der Waals surface area contributed by atoms with Crippen LogP contribution < -0.4 is 5.32 Å². The molecule has 0 aliphatic rings. The molecule has 98 valence electrons. The zero-order valence-electron chi connectivity index (χ0n) is 11.9. The highest BCUT2D eigenvalue weighted by Gasteiger charge is 2.10. The van der Waals surface area contributed by atoms with Crippen LogP contribution >= 0.6 is 0 Å². The summed E-state index contributed by atoms with van der Waals surface area (Å²) in [5.74, 6) is 2.43. The van der Waals surface area contributed by atoms with Crippen molar-refractivity contribution in [3.8, 4) is 0 Å². The molecular weight excluding hydrogens is 210 g/mol. The first-order valence-corrected chi connectivity index (χ1v) is 6.80. The van der Waals surface area contributed by atoms with Gasteiger partial charge in [-0.3, -0.25) is 0 Å². The molecule has 2 unspecified atom stereocenters. The number of aromatic nitrogens is 2. The van der Waals surface area contributed by atoms with Gasteiger partial charge < -0.3 is 9.88 Å². The fourth-order valence-corrected chi connectivity index (χ4v) is 2.04. The predicted octanol–water partition coefficient (Wildman–Crippen LogP) is 3.78. The Bertz CT molecular complexity index is 317. The van der Waals surface area contributed by atoms with Crippen LogP contribution in [0.4, 0.5) is 5.95 Å². The van der Waals surface area contributed by atoms with Gasteiger partial charge in [0.2, 0.25) is 5.95 Å². The molecule has 0 aromatic carbocycles. The topological polar surface area (TPSA) is 29.9 Å². The molecule has 0 spiro atoms. The maximum atomic E-state index is 4.39. The summed E-state index contributed by atoms with van der Waals surface area (Å²) < 4.78 is 2.21. The summed E-state index contributed by atoms with van der Waals surface area (Å²) in [4.78, 5) is 4.39. The second kappa shape index (κ2) is 6.67. The van der Waals surface area contributed by atoms with E-state index >= 15 is 0 Å². The largest absolute Gasteiger partial charge is 0.353 e. The molecule has 0 fully saturated rings. The van der Waals surface area contributed by atoms with Crippen LogP contribution in [0.25, 0.3) is 0 Å². The van der Waals surface area contributed by atoms with Crippen LogP contribution in [0, 0.1) is 11.8 Å². The van der Waals surface area contributed by atoms with Crippen LogP contribution in [0.3, 0.4) is 0 Å². The van der Waals surface area contributed by atoms with E-state index in [2.05, 4.69) is 55.7 Å². The van der Waals surface area contributed by atoms with Gasteiger partial charge in [-0.25, -0.2) is 4.98 Å². The summed E-state index contributed by atoms with van der Waals surface area (Å²) in [5.41, 5.74) is 0. The van der Waals surface area contributed by atoms with E-state index in [4.69, 9.17) is 0 Å². The summed E-state index contributed by atoms with van der Waals surface area (Å²) in [6.07, 6.45) is 6.37. The van der Waals surface area contributed by atoms with Gasteiger partial charge in [0.1, 0.15) is 0 Å². The van der Waals surface area contributed by atoms with Gasteiger partial charge in [0.25, 0.3) is 0 Å². The fourth-order valence-electron chi connectivity index (χ4n) is 2.04. The Kier molecular flexibility index (Phi) is 5.52. The Morgan fingerprint density at radius 3 is 2.59 bits per heavy atom. The minimum Gasteiger partial charge on any atom is -0.353 e. The lowest BCUT2D eigenvalue weighted by molar-refractivity contribution is 0.477. The van der Waals surface area contributed by atoms with E-state index in [0.717, 1.165) is 18.4 Å². The predicted molar refractivity (Wildman–Crippen MR) is 74.2 cm³/mol. The molecule has 0 saturated heterocycles. The summed E-state index contributed by atoms with van der Waals surface area (Å²) in [7, 11) is 0. The highest BCUT2D eigenvalue weighted by atomic mass is 15.2. The Morgan fingerprint density at radius 1 is 1.29 bits per heavy atom. The lowest BCUT2D eigenvalue weighted by Gasteiger charge is -2.19. The van der Waals surface area contributed by atoms with E-state index < -0.39 is 0 Å². The average molecular weight is 237 g/mol. The van der Waals surface area contributed by atoms with E-state index in [0.29, 0.717) is 12.0 Å². The molecule has 0 bridgehead atoms. The Morgan fingerprint density at radius 2 is 2.00 bits per heavy atom. The van der Waals surface area contributed by atoms with Crippen molar-refractivity contribution < 1.29 is 0 Å². The van der Waals surface area contributed by atoms with Crippen LogP contribution in [0.1, 0.15) is 47.5 Å². The first-order chi connectivity index (χ1) is 8.02. The lowest BCUT2D eigenvalue weighted by Crippen LogP contribution is -2.21. The van der Waals surface area contributed by atoms with E-state index in [-0.39, 0.29) is 0 Å². The van der Waals surface area contributed by atoms with Gasteiger partial charge in [0, 0.05) is 25.0 Å². The molecule has 0 aliphatic carbocycles. The van der Waals surface area contributed by atoms with Crippen molar-refractivity contribution >= 4 is 5.95 Å². The third-order valence-corrected chi connectivity index (χ3v) is 3.11. The molecule has 1 N–H and O–H groups in total. The van der Waals surface area contributed by atoms with Crippen molar-refractivity contribution in [3.63, 3.8) is 0 Å². The molecule has 2 atom stereocenters. The summed E-state index contributed by atoms with van der Waals surface area (Å²) in [6, 6.07) is 0.485. The number of hydrogen-bond donors (Lipinski definition) is 1. The molecule has 0 amide bonds. The number of nitrogens with one attached hydrogen (secondary N) is 1. The number of rotatable bonds is 7. The minimum atomic E-state index is 0.485. The van der Waals surface area contributed by atoms with E-state index in [9.17, 15) is 0 Å². The minimum absolute atomic E-state index is 0.485. The number of hydrogen-bond acceptors (Lipinski definition) is 2. The molecule has 0 aliphatic heterocycles. The zero-order valence-corrected chi connectivity index (χ0v) is 11.9. The molecule has 17 heavy (non-hydrogen) atoms. The lowest BCUT2D eigenvalue weighted by atomic mass is 10.0. The van der Waals surface area contributed by atoms with Crippen molar-refractivity contribution in [3.05, 3.63) is 12.4 Å². The number of imidazole rings is 1. The molecule has 3 heteroatoms. The molecule has 1 aromatic heterocycles. The van der Waals surface area contributed by atoms with Gasteiger partial charge >= 0.3 is 0 Å². The van der Waals surface area contributed by atoms with E-state index in [1.165, 1.54) is 12.8 Å². The van der Waals surface area contributed by atoms with Crippen LogP contribution in [-0.4, -0.2) is 15.6 Å². The molecule has 1 rings (SSSR count). The van der Waals surface area contributed by atoms with E-state index in [1.807, 2.05) is 6.20 Å². The first kappa shape index (κ1) is 14.1. The van der Waals surface area contributed by atoms with Gasteiger partial charge in [0.05, 0.1) is 0 Å². The first-order valence-electron chi connectivity index (χ1n) is 6.80. The quantitative estimate of drug-likeness (QED) is 0.782. The van der Waals surface area contributed by atoms with Crippen molar-refractivity contribution in [1.29, 1.82) is 0 Å². The van der Waals surface area contributed by atoms with Crippen LogP contribution in [0.5, 0.6) is 0 Å². The van der Waals surface area contributed by atoms with Crippen LogP contribution in [0.2, 0.25) is 0 Å². The van der Waals surface area contributed by atoms with Gasteiger partial charge in [-0.15, -0.1) is 0 Å². The smallest absolute Gasteiger partial charge is 0.202 e. The third-order valence-electron chi connectivity index (χ3n) is 3.11. The maximum Gasteiger partial charge on any atom is 0.202 e. The average Bonchev–Trinajstić information content (AvgIpc) is 2.64. The summed E-state index contributed by atoms with van der Waals surface area (Å²) in [5, 5.41) is 3.51. The maximum absolute atomic E-state index is 4.39. The van der Waals surface area contributed by atoms with Crippen molar-refractivity contribution in [2.24, 2.45) is 11.8 Å². The molecule has 0 saturated carbocycles. The van der Waals surface area contributed by atoms with Gasteiger partial charge in [-0.2, -0.15) is 0 Å². The second-order valence-corrected chi connectivity index (χ2v) is 5.59. The van der Waals surface area contributed by atoms with Crippen LogP contribution in [-0.2, 0) is 6.54 Å². The molecule has 1 heterocycles. The van der Waals surface area contributed by atoms with Crippen molar-refractivity contribution in [1.82, 2.24) is 9.55 Å². The van der Waals surface area contributed by atoms with Gasteiger partial charge in [-0.05, 0) is 25.2 Å². The molecular formula is C14H27N3. The highest BCUT2D eigenvalue weighted by molar-refractivity contribution is 5.27. The van der Waals surface area contributed by atoms with Crippen molar-refractivity contribution in [2.75, 3.05) is 5.32 Å². The monoisotopic (exact) mass is 237 g/mol. The zero-order chi connectivity index (χ0) is 12.8.